The first-order valence-corrected chi connectivity index (χ1v) is 13.8. The van der Waals surface area contributed by atoms with Crippen LogP contribution in [0.4, 0.5) is 0 Å². The fourth-order valence-electron chi connectivity index (χ4n) is 4.76. The number of hydrogen-bond donors (Lipinski definition) is 1. The van der Waals surface area contributed by atoms with Gasteiger partial charge in [0, 0.05) is 15.8 Å². The summed E-state index contributed by atoms with van der Waals surface area (Å²) < 4.78 is 37.3. The summed E-state index contributed by atoms with van der Waals surface area (Å²) in [5, 5.41) is 2.06. The van der Waals surface area contributed by atoms with E-state index in [4.69, 9.17) is 13.9 Å². The molecule has 0 saturated heterocycles. The maximum Gasteiger partial charge on any atom is 0.339 e. The van der Waals surface area contributed by atoms with Crippen LogP contribution in [0.2, 0.25) is 0 Å². The summed E-state index contributed by atoms with van der Waals surface area (Å²) in [5.41, 5.74) is 1.56. The van der Waals surface area contributed by atoms with Crippen LogP contribution < -0.4 is 14.5 Å². The maximum absolute atomic E-state index is 13.2. The van der Waals surface area contributed by atoms with Gasteiger partial charge in [-0.05, 0) is 60.9 Å². The molecule has 2 heterocycles. The van der Waals surface area contributed by atoms with Gasteiger partial charge in [-0.1, -0.05) is 36.4 Å². The van der Waals surface area contributed by atoms with Crippen molar-refractivity contribution >= 4 is 42.4 Å². The third-order valence-corrected chi connectivity index (χ3v) is 8.96. The van der Waals surface area contributed by atoms with Gasteiger partial charge in [-0.2, -0.15) is 8.42 Å². The standard InChI is InChI=1S/C27H22N2O5S2/c1-33-21-15-17(25-28-26(30)24-19-10-4-5-11-22(19)35-27(24)29-25)13-14-20(21)34-36(31,32)23-12-6-8-16-7-2-3-9-18(16)23/h2-3,6-9,12-15H,4-5,10-11H2,1H3,(H,28,29,30). The van der Waals surface area contributed by atoms with Gasteiger partial charge in [0.1, 0.15) is 15.6 Å². The maximum atomic E-state index is 13.2. The molecule has 7 nitrogen and oxygen atoms in total. The minimum Gasteiger partial charge on any atom is -0.493 e. The van der Waals surface area contributed by atoms with E-state index < -0.39 is 10.1 Å². The zero-order valence-corrected chi connectivity index (χ0v) is 21.0. The molecule has 1 aliphatic carbocycles. The fraction of sp³-hybridized carbons (Fsp3) is 0.185. The highest BCUT2D eigenvalue weighted by molar-refractivity contribution is 7.87. The zero-order valence-electron chi connectivity index (χ0n) is 19.4. The molecule has 0 aliphatic heterocycles. The first kappa shape index (κ1) is 22.8. The third-order valence-electron chi connectivity index (χ3n) is 6.48. The van der Waals surface area contributed by atoms with Crippen LogP contribution in [-0.4, -0.2) is 25.5 Å². The SMILES string of the molecule is COc1cc(-c2nc3sc4c(c3c(=O)[nH]2)CCCC4)ccc1OS(=O)(=O)c1cccc2ccccc12. The lowest BCUT2D eigenvalue weighted by Gasteiger charge is -2.13. The number of aryl methyl sites for hydroxylation is 2. The number of hydrogen-bond acceptors (Lipinski definition) is 7. The van der Waals surface area contributed by atoms with Gasteiger partial charge in [0.2, 0.25) is 0 Å². The quantitative estimate of drug-likeness (QED) is 0.310. The molecule has 36 heavy (non-hydrogen) atoms. The minimum absolute atomic E-state index is 0.0456. The number of methoxy groups -OCH3 is 1. The monoisotopic (exact) mass is 518 g/mol. The molecule has 2 aromatic heterocycles. The van der Waals surface area contributed by atoms with E-state index in [2.05, 4.69) is 4.98 Å². The molecular weight excluding hydrogens is 496 g/mol. The molecule has 6 rings (SSSR count). The number of aromatic amines is 1. The molecule has 0 bridgehead atoms. The average molecular weight is 519 g/mol. The Labute approximate surface area is 211 Å². The van der Waals surface area contributed by atoms with Crippen LogP contribution in [-0.2, 0) is 23.0 Å². The van der Waals surface area contributed by atoms with Crippen molar-refractivity contribution in [2.24, 2.45) is 0 Å². The molecule has 9 heteroatoms. The Morgan fingerprint density at radius 1 is 0.972 bits per heavy atom. The summed E-state index contributed by atoms with van der Waals surface area (Å²) in [6.07, 6.45) is 4.10. The van der Waals surface area contributed by atoms with Gasteiger partial charge in [-0.25, -0.2) is 4.98 Å². The normalized spacial score (nSPS) is 13.6. The Kier molecular flexibility index (Phi) is 5.54. The Morgan fingerprint density at radius 3 is 2.64 bits per heavy atom. The number of fused-ring (bicyclic) bond motifs is 4. The van der Waals surface area contributed by atoms with Crippen molar-refractivity contribution in [3.8, 4) is 22.9 Å². The first-order chi connectivity index (χ1) is 17.4. The average Bonchev–Trinajstić information content (AvgIpc) is 3.27. The first-order valence-electron chi connectivity index (χ1n) is 11.6. The molecule has 1 N–H and O–H groups in total. The predicted octanol–water partition coefficient (Wildman–Crippen LogP) is 5.46. The summed E-state index contributed by atoms with van der Waals surface area (Å²) in [6.45, 7) is 0. The van der Waals surface area contributed by atoms with Gasteiger partial charge in [-0.3, -0.25) is 4.79 Å². The number of nitrogens with one attached hydrogen (secondary N) is 1. The number of H-pyrrole nitrogens is 1. The van der Waals surface area contributed by atoms with Crippen LogP contribution in [0.25, 0.3) is 32.4 Å². The van der Waals surface area contributed by atoms with Crippen LogP contribution in [0.5, 0.6) is 11.5 Å². The number of thiophene rings is 1. The van der Waals surface area contributed by atoms with Crippen molar-refractivity contribution in [2.45, 2.75) is 30.6 Å². The van der Waals surface area contributed by atoms with Gasteiger partial charge in [-0.15, -0.1) is 11.3 Å². The van der Waals surface area contributed by atoms with E-state index in [9.17, 15) is 13.2 Å². The Balaban J connectivity index is 1.38. The lowest BCUT2D eigenvalue weighted by molar-refractivity contribution is 0.391. The largest absolute Gasteiger partial charge is 0.493 e. The zero-order chi connectivity index (χ0) is 24.9. The number of rotatable bonds is 5. The van der Waals surface area contributed by atoms with Gasteiger partial charge >= 0.3 is 10.1 Å². The third kappa shape index (κ3) is 3.84. The van der Waals surface area contributed by atoms with Gasteiger partial charge in [0.15, 0.2) is 11.5 Å². The molecule has 0 fully saturated rings. The highest BCUT2D eigenvalue weighted by atomic mass is 32.2. The number of nitrogens with zero attached hydrogens (tertiary/aromatic N) is 1. The van der Waals surface area contributed by atoms with Crippen molar-refractivity contribution in [3.05, 3.63) is 81.5 Å². The van der Waals surface area contributed by atoms with Crippen LogP contribution in [0.15, 0.2) is 70.4 Å². The van der Waals surface area contributed by atoms with E-state index in [-0.39, 0.29) is 22.0 Å². The molecule has 0 atom stereocenters. The summed E-state index contributed by atoms with van der Waals surface area (Å²) in [4.78, 5) is 22.6. The van der Waals surface area contributed by atoms with Crippen LogP contribution in [0.3, 0.4) is 0 Å². The van der Waals surface area contributed by atoms with Crippen LogP contribution >= 0.6 is 11.3 Å². The second kappa shape index (κ2) is 8.76. The lowest BCUT2D eigenvalue weighted by atomic mass is 9.97. The molecule has 0 saturated carbocycles. The second-order valence-corrected chi connectivity index (χ2v) is 11.3. The second-order valence-electron chi connectivity index (χ2n) is 8.69. The minimum atomic E-state index is -4.14. The van der Waals surface area contributed by atoms with E-state index in [1.807, 2.05) is 18.2 Å². The van der Waals surface area contributed by atoms with E-state index in [1.165, 1.54) is 24.1 Å². The van der Waals surface area contributed by atoms with Gasteiger partial charge < -0.3 is 13.9 Å². The van der Waals surface area contributed by atoms with E-state index in [1.54, 1.807) is 41.7 Å². The number of ether oxygens (including phenoxy) is 1. The van der Waals surface area contributed by atoms with Crippen LogP contribution in [0, 0.1) is 0 Å². The molecule has 0 amide bonds. The van der Waals surface area contributed by atoms with E-state index in [0.29, 0.717) is 22.2 Å². The highest BCUT2D eigenvalue weighted by Gasteiger charge is 2.23. The highest BCUT2D eigenvalue weighted by Crippen LogP contribution is 2.37. The molecule has 0 radical (unpaired) electrons. The summed E-state index contributed by atoms with van der Waals surface area (Å²) in [7, 11) is -2.71. The molecule has 0 unspecified atom stereocenters. The van der Waals surface area contributed by atoms with Crippen molar-refractivity contribution < 1.29 is 17.3 Å². The van der Waals surface area contributed by atoms with Crippen molar-refractivity contribution in [1.82, 2.24) is 9.97 Å². The molecule has 3 aromatic carbocycles. The number of benzene rings is 3. The van der Waals surface area contributed by atoms with Gasteiger partial charge in [0.05, 0.1) is 12.5 Å². The van der Waals surface area contributed by atoms with E-state index >= 15 is 0 Å². The summed E-state index contributed by atoms with van der Waals surface area (Å²) in [5.74, 6) is 0.654. The smallest absolute Gasteiger partial charge is 0.339 e. The number of aromatic nitrogens is 2. The summed E-state index contributed by atoms with van der Waals surface area (Å²) >= 11 is 1.58. The lowest BCUT2D eigenvalue weighted by Crippen LogP contribution is -2.12. The van der Waals surface area contributed by atoms with E-state index in [0.717, 1.165) is 41.5 Å². The Bertz CT molecular complexity index is 1800. The Hall–Kier alpha value is -3.69. The molecule has 1 aliphatic rings. The van der Waals surface area contributed by atoms with Crippen LogP contribution in [0.1, 0.15) is 23.3 Å². The van der Waals surface area contributed by atoms with Gasteiger partial charge in [0.25, 0.3) is 5.56 Å². The van der Waals surface area contributed by atoms with Crippen molar-refractivity contribution in [3.63, 3.8) is 0 Å². The molecule has 182 valence electrons. The Morgan fingerprint density at radius 2 is 1.78 bits per heavy atom. The van der Waals surface area contributed by atoms with Crippen molar-refractivity contribution in [1.29, 1.82) is 0 Å². The predicted molar refractivity (Wildman–Crippen MR) is 141 cm³/mol. The van der Waals surface area contributed by atoms with Crippen molar-refractivity contribution in [2.75, 3.05) is 7.11 Å². The summed E-state index contributed by atoms with van der Waals surface area (Å²) in [6, 6.07) is 17.1. The molecule has 5 aromatic rings. The molecular formula is C27H22N2O5S2. The molecule has 0 spiro atoms. The fourth-order valence-corrected chi connectivity index (χ4v) is 7.19. The topological polar surface area (TPSA) is 98.3 Å².